The molecule has 2 amide bonds. The van der Waals surface area contributed by atoms with Gasteiger partial charge in [-0.2, -0.15) is 0 Å². The van der Waals surface area contributed by atoms with Crippen LogP contribution in [0, 0.1) is 5.41 Å². The highest BCUT2D eigenvalue weighted by molar-refractivity contribution is 6.13. The molecule has 0 fully saturated rings. The quantitative estimate of drug-likeness (QED) is 0.742. The van der Waals surface area contributed by atoms with Crippen molar-refractivity contribution in [3.05, 3.63) is 23.8 Å². The Morgan fingerprint density at radius 2 is 1.80 bits per heavy atom. The van der Waals surface area contributed by atoms with Crippen LogP contribution in [-0.4, -0.2) is 16.9 Å². The van der Waals surface area contributed by atoms with Crippen LogP contribution < -0.4 is 10.6 Å². The first-order valence-corrected chi connectivity index (χ1v) is 6.75. The maximum Gasteiger partial charge on any atom is 0.233 e. The largest absolute Gasteiger partial charge is 0.388 e. The predicted octanol–water partition coefficient (Wildman–Crippen LogP) is 2.44. The maximum absolute atomic E-state index is 11.6. The lowest BCUT2D eigenvalue weighted by atomic mass is 9.80. The Balaban J connectivity index is 2.37. The minimum atomic E-state index is -0.631. The Bertz CT molecular complexity index is 552. The average Bonchev–Trinajstić information content (AvgIpc) is 2.53. The van der Waals surface area contributed by atoms with Crippen molar-refractivity contribution in [3.63, 3.8) is 0 Å². The molecule has 0 spiro atoms. The Labute approximate surface area is 118 Å². The Morgan fingerprint density at radius 1 is 1.20 bits per heavy atom. The van der Waals surface area contributed by atoms with E-state index in [2.05, 4.69) is 10.6 Å². The van der Waals surface area contributed by atoms with E-state index < -0.39 is 6.10 Å². The summed E-state index contributed by atoms with van der Waals surface area (Å²) in [6.45, 7) is 6.00. The van der Waals surface area contributed by atoms with Crippen molar-refractivity contribution in [2.24, 2.45) is 5.41 Å². The number of carbonyl (C=O) groups is 2. The molecule has 5 heteroatoms. The summed E-state index contributed by atoms with van der Waals surface area (Å²) in [5, 5.41) is 15.8. The van der Waals surface area contributed by atoms with E-state index in [-0.39, 0.29) is 23.7 Å². The smallest absolute Gasteiger partial charge is 0.233 e. The van der Waals surface area contributed by atoms with Gasteiger partial charge in [0.25, 0.3) is 0 Å². The first-order chi connectivity index (χ1) is 9.33. The number of carbonyl (C=O) groups excluding carboxylic acids is 2. The number of benzene rings is 1. The summed E-state index contributed by atoms with van der Waals surface area (Å²) in [5.41, 5.74) is 1.56. The second kappa shape index (κ2) is 5.25. The lowest BCUT2D eigenvalue weighted by Crippen LogP contribution is -2.21. The lowest BCUT2D eigenvalue weighted by Gasteiger charge is -2.30. The minimum Gasteiger partial charge on any atom is -0.388 e. The summed E-state index contributed by atoms with van der Waals surface area (Å²) >= 11 is 0. The zero-order chi connectivity index (χ0) is 14.9. The van der Waals surface area contributed by atoms with Crippen molar-refractivity contribution >= 4 is 23.2 Å². The molecule has 1 aliphatic heterocycles. The van der Waals surface area contributed by atoms with Crippen LogP contribution >= 0.6 is 0 Å². The van der Waals surface area contributed by atoms with Crippen molar-refractivity contribution in [2.45, 2.75) is 39.7 Å². The van der Waals surface area contributed by atoms with Crippen LogP contribution in [0.4, 0.5) is 11.4 Å². The molecule has 0 radical (unpaired) electrons. The van der Waals surface area contributed by atoms with Crippen molar-refractivity contribution in [2.75, 3.05) is 10.6 Å². The van der Waals surface area contributed by atoms with Gasteiger partial charge in [0.05, 0.1) is 17.5 Å². The van der Waals surface area contributed by atoms with Gasteiger partial charge in [0.15, 0.2) is 0 Å². The van der Waals surface area contributed by atoms with Gasteiger partial charge in [-0.1, -0.05) is 26.8 Å². The third-order valence-corrected chi connectivity index (χ3v) is 3.88. The summed E-state index contributed by atoms with van der Waals surface area (Å²) in [5.74, 6) is -0.675. The maximum atomic E-state index is 11.6. The van der Waals surface area contributed by atoms with E-state index in [9.17, 15) is 14.7 Å². The zero-order valence-corrected chi connectivity index (χ0v) is 12.0. The Kier molecular flexibility index (Phi) is 3.81. The van der Waals surface area contributed by atoms with Crippen LogP contribution in [0.15, 0.2) is 18.2 Å². The molecule has 5 nitrogen and oxygen atoms in total. The van der Waals surface area contributed by atoms with Crippen LogP contribution in [0.25, 0.3) is 0 Å². The first-order valence-electron chi connectivity index (χ1n) is 6.75. The molecule has 1 aliphatic rings. The van der Waals surface area contributed by atoms with Gasteiger partial charge in [-0.15, -0.1) is 0 Å². The lowest BCUT2D eigenvalue weighted by molar-refractivity contribution is -0.123. The number of aliphatic hydroxyl groups is 1. The summed E-state index contributed by atoms with van der Waals surface area (Å²) in [6, 6.07) is 5.21. The second-order valence-electron chi connectivity index (χ2n) is 5.82. The highest BCUT2D eigenvalue weighted by Gasteiger charge is 2.28. The van der Waals surface area contributed by atoms with E-state index in [4.69, 9.17) is 0 Å². The first kappa shape index (κ1) is 14.5. The topological polar surface area (TPSA) is 78.4 Å². The molecule has 108 valence electrons. The summed E-state index contributed by atoms with van der Waals surface area (Å²) < 4.78 is 0. The standard InChI is InChI=1S/C15H20N2O3/c1-4-15(2,3)14(20)9-5-6-10-11(7-9)17-13(19)8-12(18)16-10/h5-7,14,20H,4,8H2,1-3H3,(H,16,18)(H,17,19). The summed E-state index contributed by atoms with van der Waals surface area (Å²) in [4.78, 5) is 23.0. The molecule has 2 rings (SSSR count). The fraction of sp³-hybridized carbons (Fsp3) is 0.467. The van der Waals surface area contributed by atoms with E-state index in [1.54, 1.807) is 18.2 Å². The molecule has 1 aromatic rings. The summed E-state index contributed by atoms with van der Waals surface area (Å²) in [7, 11) is 0. The second-order valence-corrected chi connectivity index (χ2v) is 5.82. The Hall–Kier alpha value is -1.88. The van der Waals surface area contributed by atoms with E-state index in [0.717, 1.165) is 12.0 Å². The van der Waals surface area contributed by atoms with Gasteiger partial charge >= 0.3 is 0 Å². The number of anilines is 2. The van der Waals surface area contributed by atoms with E-state index >= 15 is 0 Å². The van der Waals surface area contributed by atoms with Gasteiger partial charge < -0.3 is 15.7 Å². The molecular weight excluding hydrogens is 256 g/mol. The van der Waals surface area contributed by atoms with Gasteiger partial charge in [0.1, 0.15) is 6.42 Å². The highest BCUT2D eigenvalue weighted by atomic mass is 16.3. The number of hydrogen-bond acceptors (Lipinski definition) is 3. The molecule has 1 unspecified atom stereocenters. The number of hydrogen-bond donors (Lipinski definition) is 3. The molecule has 1 heterocycles. The van der Waals surface area contributed by atoms with Gasteiger partial charge in [0.2, 0.25) is 11.8 Å². The van der Waals surface area contributed by atoms with E-state index in [0.29, 0.717) is 11.4 Å². The highest BCUT2D eigenvalue weighted by Crippen LogP contribution is 2.38. The third kappa shape index (κ3) is 2.82. The van der Waals surface area contributed by atoms with Gasteiger partial charge in [-0.05, 0) is 29.5 Å². The van der Waals surface area contributed by atoms with Crippen molar-refractivity contribution in [1.29, 1.82) is 0 Å². The molecule has 0 saturated carbocycles. The number of fused-ring (bicyclic) bond motifs is 1. The summed E-state index contributed by atoms with van der Waals surface area (Å²) in [6.07, 6.45) is 0.00937. The fourth-order valence-electron chi connectivity index (χ4n) is 2.12. The molecule has 0 bridgehead atoms. The number of amides is 2. The normalized spacial score (nSPS) is 16.8. The molecule has 0 saturated heterocycles. The predicted molar refractivity (Wildman–Crippen MR) is 77.4 cm³/mol. The van der Waals surface area contributed by atoms with Crippen LogP contribution in [0.2, 0.25) is 0 Å². The van der Waals surface area contributed by atoms with Crippen LogP contribution in [0.5, 0.6) is 0 Å². The SMILES string of the molecule is CCC(C)(C)C(O)c1ccc2c(c1)NC(=O)CC(=O)N2. The molecule has 1 aromatic carbocycles. The molecule has 0 aromatic heterocycles. The van der Waals surface area contributed by atoms with Crippen LogP contribution in [-0.2, 0) is 9.59 Å². The number of aliphatic hydroxyl groups excluding tert-OH is 1. The van der Waals surface area contributed by atoms with Gasteiger partial charge in [-0.25, -0.2) is 0 Å². The van der Waals surface area contributed by atoms with Crippen molar-refractivity contribution in [3.8, 4) is 0 Å². The van der Waals surface area contributed by atoms with E-state index in [1.807, 2.05) is 20.8 Å². The van der Waals surface area contributed by atoms with Crippen molar-refractivity contribution < 1.29 is 14.7 Å². The minimum absolute atomic E-state index is 0.187. The monoisotopic (exact) mass is 276 g/mol. The van der Waals surface area contributed by atoms with Gasteiger partial charge in [0, 0.05) is 0 Å². The third-order valence-electron chi connectivity index (χ3n) is 3.88. The van der Waals surface area contributed by atoms with Gasteiger partial charge in [-0.3, -0.25) is 9.59 Å². The molecule has 0 aliphatic carbocycles. The fourth-order valence-corrected chi connectivity index (χ4v) is 2.12. The molecule has 3 N–H and O–H groups in total. The average molecular weight is 276 g/mol. The Morgan fingerprint density at radius 3 is 2.40 bits per heavy atom. The zero-order valence-electron chi connectivity index (χ0n) is 12.0. The van der Waals surface area contributed by atoms with Crippen molar-refractivity contribution in [1.82, 2.24) is 0 Å². The number of nitrogens with one attached hydrogen (secondary N) is 2. The van der Waals surface area contributed by atoms with Crippen LogP contribution in [0.3, 0.4) is 0 Å². The number of rotatable bonds is 3. The van der Waals surface area contributed by atoms with E-state index in [1.165, 1.54) is 0 Å². The molecule has 20 heavy (non-hydrogen) atoms. The molecule has 1 atom stereocenters. The molecular formula is C15H20N2O3. The van der Waals surface area contributed by atoms with Crippen LogP contribution in [0.1, 0.15) is 45.3 Å².